The highest BCUT2D eigenvalue weighted by atomic mass is 19.4. The zero-order chi connectivity index (χ0) is 25.9. The third-order valence-corrected chi connectivity index (χ3v) is 6.36. The summed E-state index contributed by atoms with van der Waals surface area (Å²) in [6, 6.07) is 32.9. The second-order valence-electron chi connectivity index (χ2n) is 8.59. The van der Waals surface area contributed by atoms with Gasteiger partial charge >= 0.3 is 6.18 Å². The first-order chi connectivity index (χ1) is 17.9. The second kappa shape index (κ2) is 9.93. The van der Waals surface area contributed by atoms with Gasteiger partial charge in [-0.3, -0.25) is 4.57 Å². The van der Waals surface area contributed by atoms with Crippen LogP contribution in [0.1, 0.15) is 27.8 Å². The average Bonchev–Trinajstić information content (AvgIpc) is 3.39. The number of nitrogens with zero attached hydrogens (tertiary/aromatic N) is 2. The zero-order valence-corrected chi connectivity index (χ0v) is 19.7. The lowest BCUT2D eigenvalue weighted by molar-refractivity contribution is -0.140. The van der Waals surface area contributed by atoms with E-state index in [9.17, 15) is 17.6 Å². The van der Waals surface area contributed by atoms with E-state index in [1.807, 2.05) is 102 Å². The molecule has 0 atom stereocenters. The van der Waals surface area contributed by atoms with Gasteiger partial charge < -0.3 is 5.32 Å². The molecule has 37 heavy (non-hydrogen) atoms. The maximum Gasteiger partial charge on any atom is 0.419 e. The molecule has 1 aromatic heterocycles. The molecular weight excluding hydrogens is 478 g/mol. The normalized spacial score (nSPS) is 11.9. The van der Waals surface area contributed by atoms with E-state index in [1.165, 1.54) is 6.07 Å². The van der Waals surface area contributed by atoms with Crippen molar-refractivity contribution in [1.29, 1.82) is 0 Å². The number of nitrogens with one attached hydrogen (secondary N) is 1. The van der Waals surface area contributed by atoms with Gasteiger partial charge in [-0.2, -0.15) is 13.2 Å². The molecule has 0 aliphatic carbocycles. The molecule has 0 aliphatic heterocycles. The van der Waals surface area contributed by atoms with Crippen molar-refractivity contribution in [3.63, 3.8) is 0 Å². The van der Waals surface area contributed by atoms with Crippen molar-refractivity contribution in [2.45, 2.75) is 18.3 Å². The van der Waals surface area contributed by atoms with Gasteiger partial charge in [-0.1, -0.05) is 97.1 Å². The van der Waals surface area contributed by atoms with Gasteiger partial charge in [0, 0.05) is 18.9 Å². The van der Waals surface area contributed by atoms with Gasteiger partial charge in [-0.05, 0) is 34.4 Å². The van der Waals surface area contributed by atoms with Crippen LogP contribution < -0.4 is 5.32 Å². The molecule has 1 N–H and O–H groups in total. The van der Waals surface area contributed by atoms with Crippen molar-refractivity contribution >= 4 is 5.95 Å². The van der Waals surface area contributed by atoms with Crippen LogP contribution in [-0.2, 0) is 18.3 Å². The SMILES string of the molecule is Fc1ccc(CNc2nccn2C(c2ccccc2)(c2ccccc2)c2ccccc2)cc1C(F)(F)F. The number of imidazole rings is 1. The van der Waals surface area contributed by atoms with Crippen LogP contribution in [0, 0.1) is 5.82 Å². The van der Waals surface area contributed by atoms with Gasteiger partial charge in [0.25, 0.3) is 0 Å². The summed E-state index contributed by atoms with van der Waals surface area (Å²) in [5.41, 5.74) is 1.11. The highest BCUT2D eigenvalue weighted by Crippen LogP contribution is 2.42. The van der Waals surface area contributed by atoms with Crippen LogP contribution in [0.2, 0.25) is 0 Å². The highest BCUT2D eigenvalue weighted by molar-refractivity contribution is 5.53. The van der Waals surface area contributed by atoms with Gasteiger partial charge in [-0.25, -0.2) is 9.37 Å². The quantitative estimate of drug-likeness (QED) is 0.185. The molecule has 1 heterocycles. The summed E-state index contributed by atoms with van der Waals surface area (Å²) in [6.07, 6.45) is -1.28. The summed E-state index contributed by atoms with van der Waals surface area (Å²) in [7, 11) is 0. The molecule has 5 aromatic rings. The molecule has 7 heteroatoms. The first-order valence-corrected chi connectivity index (χ1v) is 11.7. The van der Waals surface area contributed by atoms with Crippen molar-refractivity contribution in [3.05, 3.63) is 155 Å². The predicted molar refractivity (Wildman–Crippen MR) is 136 cm³/mol. The summed E-state index contributed by atoms with van der Waals surface area (Å²) >= 11 is 0. The summed E-state index contributed by atoms with van der Waals surface area (Å²) in [5.74, 6) is -0.844. The lowest BCUT2D eigenvalue weighted by atomic mass is 9.76. The number of rotatable bonds is 7. The molecule has 0 aliphatic rings. The number of anilines is 1. The number of hydrogen-bond donors (Lipinski definition) is 1. The van der Waals surface area contributed by atoms with Gasteiger partial charge in [-0.15, -0.1) is 0 Å². The summed E-state index contributed by atoms with van der Waals surface area (Å²) in [6.45, 7) is 0.0226. The van der Waals surface area contributed by atoms with Crippen LogP contribution in [-0.4, -0.2) is 9.55 Å². The summed E-state index contributed by atoms with van der Waals surface area (Å²) in [4.78, 5) is 4.52. The van der Waals surface area contributed by atoms with Crippen LogP contribution in [0.5, 0.6) is 0 Å². The molecule has 3 nitrogen and oxygen atoms in total. The minimum atomic E-state index is -4.78. The maximum absolute atomic E-state index is 13.8. The van der Waals surface area contributed by atoms with E-state index < -0.39 is 23.1 Å². The predicted octanol–water partition coefficient (Wildman–Crippen LogP) is 7.49. The molecule has 0 radical (unpaired) electrons. The third kappa shape index (κ3) is 4.60. The van der Waals surface area contributed by atoms with Gasteiger partial charge in [0.05, 0.1) is 5.56 Å². The molecule has 0 bridgehead atoms. The number of hydrogen-bond acceptors (Lipinski definition) is 2. The Kier molecular flexibility index (Phi) is 6.53. The number of alkyl halides is 3. The molecule has 0 saturated carbocycles. The van der Waals surface area contributed by atoms with Gasteiger partial charge in [0.1, 0.15) is 11.4 Å². The Balaban J connectivity index is 1.64. The molecule has 0 spiro atoms. The number of halogens is 4. The van der Waals surface area contributed by atoms with E-state index in [4.69, 9.17) is 0 Å². The van der Waals surface area contributed by atoms with E-state index in [1.54, 1.807) is 6.20 Å². The number of benzene rings is 4. The van der Waals surface area contributed by atoms with E-state index >= 15 is 0 Å². The van der Waals surface area contributed by atoms with Crippen LogP contribution in [0.15, 0.2) is 122 Å². The van der Waals surface area contributed by atoms with E-state index in [0.717, 1.165) is 28.8 Å². The van der Waals surface area contributed by atoms with Crippen molar-refractivity contribution in [2.75, 3.05) is 5.32 Å². The maximum atomic E-state index is 13.8. The van der Waals surface area contributed by atoms with Crippen molar-refractivity contribution in [1.82, 2.24) is 9.55 Å². The van der Waals surface area contributed by atoms with Crippen molar-refractivity contribution in [2.24, 2.45) is 0 Å². The van der Waals surface area contributed by atoms with Crippen LogP contribution in [0.3, 0.4) is 0 Å². The topological polar surface area (TPSA) is 29.9 Å². The van der Waals surface area contributed by atoms with Crippen molar-refractivity contribution < 1.29 is 17.6 Å². The van der Waals surface area contributed by atoms with Crippen LogP contribution in [0.25, 0.3) is 0 Å². The van der Waals surface area contributed by atoms with E-state index in [2.05, 4.69) is 10.3 Å². The fourth-order valence-corrected chi connectivity index (χ4v) is 4.74. The Morgan fingerprint density at radius 2 is 1.22 bits per heavy atom. The van der Waals surface area contributed by atoms with E-state index in [0.29, 0.717) is 5.95 Å². The molecular formula is C30H23F4N3. The highest BCUT2D eigenvalue weighted by Gasteiger charge is 2.40. The Morgan fingerprint density at radius 1 is 0.703 bits per heavy atom. The molecule has 5 rings (SSSR count). The van der Waals surface area contributed by atoms with Crippen LogP contribution >= 0.6 is 0 Å². The summed E-state index contributed by atoms with van der Waals surface area (Å²) in [5, 5.41) is 3.18. The minimum absolute atomic E-state index is 0.0226. The lowest BCUT2D eigenvalue weighted by Crippen LogP contribution is -2.38. The molecule has 0 fully saturated rings. The van der Waals surface area contributed by atoms with E-state index in [-0.39, 0.29) is 12.1 Å². The lowest BCUT2D eigenvalue weighted by Gasteiger charge is -2.38. The van der Waals surface area contributed by atoms with Crippen LogP contribution in [0.4, 0.5) is 23.5 Å². The largest absolute Gasteiger partial charge is 0.419 e. The van der Waals surface area contributed by atoms with Gasteiger partial charge in [0.2, 0.25) is 5.95 Å². The Morgan fingerprint density at radius 3 is 1.70 bits per heavy atom. The third-order valence-electron chi connectivity index (χ3n) is 6.36. The molecule has 0 amide bonds. The second-order valence-corrected chi connectivity index (χ2v) is 8.59. The monoisotopic (exact) mass is 501 g/mol. The minimum Gasteiger partial charge on any atom is -0.352 e. The average molecular weight is 502 g/mol. The first kappa shape index (κ1) is 24.3. The fraction of sp³-hybridized carbons (Fsp3) is 0.100. The summed E-state index contributed by atoms with van der Waals surface area (Å²) < 4.78 is 55.5. The zero-order valence-electron chi connectivity index (χ0n) is 19.7. The van der Waals surface area contributed by atoms with Gasteiger partial charge in [0.15, 0.2) is 0 Å². The first-order valence-electron chi connectivity index (χ1n) is 11.7. The molecule has 4 aromatic carbocycles. The Bertz CT molecular complexity index is 1370. The molecule has 0 saturated heterocycles. The Hall–Kier alpha value is -4.39. The van der Waals surface area contributed by atoms with Crippen molar-refractivity contribution in [3.8, 4) is 0 Å². The number of aromatic nitrogens is 2. The fourth-order valence-electron chi connectivity index (χ4n) is 4.74. The standard InChI is InChI=1S/C30H23F4N3/c31-27-17-16-22(20-26(27)30(32,33)34)21-36-28-35-18-19-37(28)29(23-10-4-1-5-11-23,24-12-6-2-7-13-24)25-14-8-3-9-15-25/h1-20H,21H2,(H,35,36). The molecule has 186 valence electrons. The molecule has 0 unspecified atom stereocenters. The Labute approximate surface area is 212 Å². The smallest absolute Gasteiger partial charge is 0.352 e.